The lowest BCUT2D eigenvalue weighted by Gasteiger charge is -2.11. The summed E-state index contributed by atoms with van der Waals surface area (Å²) >= 11 is 6.05. The third-order valence-corrected chi connectivity index (χ3v) is 5.10. The van der Waals surface area contributed by atoms with Crippen LogP contribution in [0, 0.1) is 6.92 Å². The molecule has 4 aromatic rings. The molecule has 6 heteroatoms. The standard InChI is InChI=1S/C25H19ClN2O3/c1-16-10-12-17(13-11-16)23-14-19(18-6-2-4-8-21(18)27-23)25(30)31-15-24(29)28-22-9-5-3-7-20(22)26/h2-14H,15H2,1H3,(H,28,29). The largest absolute Gasteiger partial charge is 0.452 e. The number of hydrogen-bond donors (Lipinski definition) is 1. The molecule has 1 aromatic heterocycles. The Labute approximate surface area is 184 Å². The number of carbonyl (C=O) groups excluding carboxylic acids is 2. The molecule has 0 aliphatic rings. The first-order valence-corrected chi connectivity index (χ1v) is 10.1. The summed E-state index contributed by atoms with van der Waals surface area (Å²) < 4.78 is 5.30. The molecular formula is C25H19ClN2O3. The van der Waals surface area contributed by atoms with Crippen molar-refractivity contribution in [3.8, 4) is 11.3 Å². The topological polar surface area (TPSA) is 68.3 Å². The van der Waals surface area contributed by atoms with Gasteiger partial charge in [0.2, 0.25) is 0 Å². The van der Waals surface area contributed by atoms with Crippen LogP contribution in [0.1, 0.15) is 15.9 Å². The highest BCUT2D eigenvalue weighted by Gasteiger charge is 2.17. The average molecular weight is 431 g/mol. The Morgan fingerprint density at radius 1 is 0.968 bits per heavy atom. The smallest absolute Gasteiger partial charge is 0.339 e. The van der Waals surface area contributed by atoms with Crippen molar-refractivity contribution in [1.29, 1.82) is 0 Å². The van der Waals surface area contributed by atoms with Crippen LogP contribution in [-0.4, -0.2) is 23.5 Å². The Hall–Kier alpha value is -3.70. The van der Waals surface area contributed by atoms with Gasteiger partial charge in [-0.2, -0.15) is 0 Å². The SMILES string of the molecule is Cc1ccc(-c2cc(C(=O)OCC(=O)Nc3ccccc3Cl)c3ccccc3n2)cc1. The molecule has 0 spiro atoms. The predicted molar refractivity (Wildman–Crippen MR) is 122 cm³/mol. The van der Waals surface area contributed by atoms with Crippen LogP contribution in [0.3, 0.4) is 0 Å². The maximum absolute atomic E-state index is 12.9. The Balaban J connectivity index is 1.57. The van der Waals surface area contributed by atoms with Crippen LogP contribution in [-0.2, 0) is 9.53 Å². The van der Waals surface area contributed by atoms with E-state index in [1.807, 2.05) is 55.5 Å². The lowest BCUT2D eigenvalue weighted by molar-refractivity contribution is -0.119. The fourth-order valence-corrected chi connectivity index (χ4v) is 3.36. The minimum Gasteiger partial charge on any atom is -0.452 e. The molecule has 5 nitrogen and oxygen atoms in total. The number of pyridine rings is 1. The Kier molecular flexibility index (Phi) is 5.96. The molecule has 31 heavy (non-hydrogen) atoms. The van der Waals surface area contributed by atoms with Gasteiger partial charge in [-0.15, -0.1) is 0 Å². The Morgan fingerprint density at radius 2 is 1.68 bits per heavy atom. The zero-order valence-corrected chi connectivity index (χ0v) is 17.5. The summed E-state index contributed by atoms with van der Waals surface area (Å²) in [6, 6.07) is 23.8. The number of fused-ring (bicyclic) bond motifs is 1. The second kappa shape index (κ2) is 8.98. The second-order valence-electron chi connectivity index (χ2n) is 7.04. The predicted octanol–water partition coefficient (Wildman–Crippen LogP) is 5.66. The molecular weight excluding hydrogens is 412 g/mol. The van der Waals surface area contributed by atoms with Gasteiger partial charge < -0.3 is 10.1 Å². The van der Waals surface area contributed by atoms with E-state index in [-0.39, 0.29) is 0 Å². The van der Waals surface area contributed by atoms with Crippen molar-refractivity contribution in [3.05, 3.63) is 95.0 Å². The van der Waals surface area contributed by atoms with Crippen molar-refractivity contribution in [1.82, 2.24) is 4.98 Å². The van der Waals surface area contributed by atoms with Crippen LogP contribution in [0.25, 0.3) is 22.2 Å². The Bertz CT molecular complexity index is 1270. The van der Waals surface area contributed by atoms with Gasteiger partial charge in [-0.05, 0) is 31.2 Å². The second-order valence-corrected chi connectivity index (χ2v) is 7.45. The van der Waals surface area contributed by atoms with E-state index in [0.29, 0.717) is 32.9 Å². The molecule has 0 atom stereocenters. The number of hydrogen-bond acceptors (Lipinski definition) is 4. The molecule has 154 valence electrons. The van der Waals surface area contributed by atoms with Crippen LogP contribution < -0.4 is 5.32 Å². The van der Waals surface area contributed by atoms with Gasteiger partial charge in [0.05, 0.1) is 27.5 Å². The van der Waals surface area contributed by atoms with E-state index in [4.69, 9.17) is 16.3 Å². The van der Waals surface area contributed by atoms with Crippen LogP contribution in [0.15, 0.2) is 78.9 Å². The van der Waals surface area contributed by atoms with Crippen molar-refractivity contribution in [3.63, 3.8) is 0 Å². The van der Waals surface area contributed by atoms with Crippen LogP contribution >= 0.6 is 11.6 Å². The molecule has 1 N–H and O–H groups in total. The van der Waals surface area contributed by atoms with Gasteiger partial charge in [0.15, 0.2) is 6.61 Å². The Morgan fingerprint density at radius 3 is 2.45 bits per heavy atom. The van der Waals surface area contributed by atoms with Crippen molar-refractivity contribution < 1.29 is 14.3 Å². The van der Waals surface area contributed by atoms with Crippen molar-refractivity contribution in [2.45, 2.75) is 6.92 Å². The summed E-state index contributed by atoms with van der Waals surface area (Å²) in [5.41, 5.74) is 4.17. The van der Waals surface area contributed by atoms with E-state index >= 15 is 0 Å². The fraction of sp³-hybridized carbons (Fsp3) is 0.0800. The van der Waals surface area contributed by atoms with Gasteiger partial charge in [-0.3, -0.25) is 4.79 Å². The molecule has 0 unspecified atom stereocenters. The van der Waals surface area contributed by atoms with Gasteiger partial charge in [0.25, 0.3) is 5.91 Å². The lowest BCUT2D eigenvalue weighted by atomic mass is 10.0. The molecule has 3 aromatic carbocycles. The summed E-state index contributed by atoms with van der Waals surface area (Å²) in [5, 5.41) is 3.71. The summed E-state index contributed by atoms with van der Waals surface area (Å²) in [6.45, 7) is 1.58. The number of anilines is 1. The number of halogens is 1. The van der Waals surface area contributed by atoms with Gasteiger partial charge in [-0.25, -0.2) is 9.78 Å². The van der Waals surface area contributed by atoms with Crippen LogP contribution in [0.5, 0.6) is 0 Å². The monoisotopic (exact) mass is 430 g/mol. The number of esters is 1. The minimum absolute atomic E-state index is 0.353. The van der Waals surface area contributed by atoms with E-state index in [1.165, 1.54) is 0 Å². The molecule has 0 saturated heterocycles. The molecule has 0 radical (unpaired) electrons. The van der Waals surface area contributed by atoms with Gasteiger partial charge in [-0.1, -0.05) is 71.8 Å². The van der Waals surface area contributed by atoms with Crippen molar-refractivity contribution in [2.75, 3.05) is 11.9 Å². The van der Waals surface area contributed by atoms with Crippen molar-refractivity contribution in [2.24, 2.45) is 0 Å². The normalized spacial score (nSPS) is 10.6. The molecule has 0 saturated carbocycles. The third-order valence-electron chi connectivity index (χ3n) is 4.77. The number of ether oxygens (including phenoxy) is 1. The number of nitrogens with one attached hydrogen (secondary N) is 1. The molecule has 4 rings (SSSR count). The third kappa shape index (κ3) is 4.73. The van der Waals surface area contributed by atoms with E-state index in [0.717, 1.165) is 11.1 Å². The van der Waals surface area contributed by atoms with E-state index in [2.05, 4.69) is 10.3 Å². The maximum Gasteiger partial charge on any atom is 0.339 e. The van der Waals surface area contributed by atoms with E-state index in [9.17, 15) is 9.59 Å². The first-order valence-electron chi connectivity index (χ1n) is 9.69. The van der Waals surface area contributed by atoms with Crippen LogP contribution in [0.4, 0.5) is 5.69 Å². The van der Waals surface area contributed by atoms with Crippen LogP contribution in [0.2, 0.25) is 5.02 Å². The van der Waals surface area contributed by atoms with E-state index in [1.54, 1.807) is 30.3 Å². The number of rotatable bonds is 5. The highest BCUT2D eigenvalue weighted by Crippen LogP contribution is 2.26. The quantitative estimate of drug-likeness (QED) is 0.415. The van der Waals surface area contributed by atoms with Gasteiger partial charge >= 0.3 is 5.97 Å². The number of para-hydroxylation sites is 2. The number of benzene rings is 3. The van der Waals surface area contributed by atoms with Crippen molar-refractivity contribution >= 4 is 40.1 Å². The number of nitrogens with zero attached hydrogens (tertiary/aromatic N) is 1. The van der Waals surface area contributed by atoms with Gasteiger partial charge in [0, 0.05) is 10.9 Å². The maximum atomic E-state index is 12.9. The highest BCUT2D eigenvalue weighted by atomic mass is 35.5. The number of amides is 1. The summed E-state index contributed by atoms with van der Waals surface area (Å²) in [4.78, 5) is 29.8. The number of carbonyl (C=O) groups is 2. The fourth-order valence-electron chi connectivity index (χ4n) is 3.17. The van der Waals surface area contributed by atoms with Gasteiger partial charge in [0.1, 0.15) is 0 Å². The molecule has 1 amide bonds. The molecule has 0 aliphatic heterocycles. The first-order chi connectivity index (χ1) is 15.0. The zero-order valence-electron chi connectivity index (χ0n) is 16.8. The zero-order chi connectivity index (χ0) is 21.8. The first kappa shape index (κ1) is 20.6. The average Bonchev–Trinajstić information content (AvgIpc) is 2.79. The highest BCUT2D eigenvalue weighted by molar-refractivity contribution is 6.33. The summed E-state index contributed by atoms with van der Waals surface area (Å²) in [6.07, 6.45) is 0. The molecule has 0 bridgehead atoms. The van der Waals surface area contributed by atoms with E-state index < -0.39 is 18.5 Å². The molecule has 1 heterocycles. The summed E-state index contributed by atoms with van der Waals surface area (Å²) in [7, 11) is 0. The number of aromatic nitrogens is 1. The lowest BCUT2D eigenvalue weighted by Crippen LogP contribution is -2.21. The number of aryl methyl sites for hydroxylation is 1. The molecule has 0 fully saturated rings. The molecule has 0 aliphatic carbocycles. The minimum atomic E-state index is -0.596. The summed E-state index contributed by atoms with van der Waals surface area (Å²) in [5.74, 6) is -1.07.